The number of nitriles is 1. The van der Waals surface area contributed by atoms with Gasteiger partial charge in [0, 0.05) is 11.8 Å². The Balaban J connectivity index is 1.86. The highest BCUT2D eigenvalue weighted by atomic mass is 32.2. The van der Waals surface area contributed by atoms with Crippen molar-refractivity contribution in [3.05, 3.63) is 0 Å². The third-order valence-corrected chi connectivity index (χ3v) is 5.68. The molecule has 0 bridgehead atoms. The Kier molecular flexibility index (Phi) is 6.28. The van der Waals surface area contributed by atoms with E-state index in [1.54, 1.807) is 0 Å². The van der Waals surface area contributed by atoms with E-state index < -0.39 is 17.9 Å². The lowest BCUT2D eigenvalue weighted by Gasteiger charge is -2.26. The zero-order valence-electron chi connectivity index (χ0n) is 13.0. The number of rotatable bonds is 3. The zero-order chi connectivity index (χ0) is 16.8. The van der Waals surface area contributed by atoms with E-state index in [1.807, 2.05) is 0 Å². The van der Waals surface area contributed by atoms with Gasteiger partial charge in [-0.25, -0.2) is 4.79 Å². The molecule has 0 aromatic rings. The molecule has 23 heavy (non-hydrogen) atoms. The predicted molar refractivity (Wildman–Crippen MR) is 84.1 cm³/mol. The van der Waals surface area contributed by atoms with Crippen molar-refractivity contribution in [1.82, 2.24) is 10.6 Å². The summed E-state index contributed by atoms with van der Waals surface area (Å²) in [5.74, 6) is -0.190. The van der Waals surface area contributed by atoms with Crippen molar-refractivity contribution in [3.63, 3.8) is 0 Å². The van der Waals surface area contributed by atoms with E-state index >= 15 is 0 Å². The molecule has 0 radical (unpaired) electrons. The van der Waals surface area contributed by atoms with Crippen molar-refractivity contribution in [2.45, 2.75) is 37.5 Å². The molecule has 1 aliphatic heterocycles. The molecule has 2 fully saturated rings. The van der Waals surface area contributed by atoms with Gasteiger partial charge in [0.2, 0.25) is 11.8 Å². The number of amides is 3. The fraction of sp³-hybridized carbons (Fsp3) is 0.733. The van der Waals surface area contributed by atoms with Crippen LogP contribution in [0.25, 0.3) is 0 Å². The maximum Gasteiger partial charge on any atom is 0.413 e. The number of carbonyl (C=O) groups is 3. The van der Waals surface area contributed by atoms with Crippen LogP contribution in [0.3, 0.4) is 0 Å². The first-order valence-corrected chi connectivity index (χ1v) is 8.80. The Morgan fingerprint density at radius 3 is 2.43 bits per heavy atom. The van der Waals surface area contributed by atoms with Crippen molar-refractivity contribution >= 4 is 29.7 Å². The molecule has 2 rings (SSSR count). The van der Waals surface area contributed by atoms with Gasteiger partial charge >= 0.3 is 6.09 Å². The first-order valence-electron chi connectivity index (χ1n) is 7.75. The van der Waals surface area contributed by atoms with Gasteiger partial charge in [-0.05, 0) is 37.9 Å². The van der Waals surface area contributed by atoms with Gasteiger partial charge in [-0.1, -0.05) is 0 Å². The molecule has 1 aliphatic carbocycles. The summed E-state index contributed by atoms with van der Waals surface area (Å²) in [4.78, 5) is 35.6. The van der Waals surface area contributed by atoms with E-state index in [0.717, 1.165) is 18.6 Å². The van der Waals surface area contributed by atoms with E-state index in [0.29, 0.717) is 19.3 Å². The third kappa shape index (κ3) is 4.61. The minimum absolute atomic E-state index is 0.0542. The van der Waals surface area contributed by atoms with E-state index in [-0.39, 0.29) is 23.1 Å². The smallest absolute Gasteiger partial charge is 0.413 e. The summed E-state index contributed by atoms with van der Waals surface area (Å²) in [6, 6.07) is 2.25. The molecule has 2 aliphatic rings. The van der Waals surface area contributed by atoms with Crippen molar-refractivity contribution in [2.75, 3.05) is 12.9 Å². The summed E-state index contributed by atoms with van der Waals surface area (Å²) in [5.41, 5.74) is 0. The SMILES string of the molecule is COC(=O)NC(=O)C1CCSC1NC(=O)C1CCC(C#N)CC1. The molecule has 2 atom stereocenters. The second-order valence-corrected chi connectivity index (χ2v) is 7.10. The van der Waals surface area contributed by atoms with E-state index in [2.05, 4.69) is 21.4 Å². The van der Waals surface area contributed by atoms with E-state index in [4.69, 9.17) is 5.26 Å². The quantitative estimate of drug-likeness (QED) is 0.804. The van der Waals surface area contributed by atoms with Crippen LogP contribution in [0.1, 0.15) is 32.1 Å². The molecule has 126 valence electrons. The Bertz CT molecular complexity index is 511. The van der Waals surface area contributed by atoms with Crippen molar-refractivity contribution in [3.8, 4) is 6.07 Å². The monoisotopic (exact) mass is 339 g/mol. The second kappa shape index (κ2) is 8.20. The van der Waals surface area contributed by atoms with Crippen LogP contribution >= 0.6 is 11.8 Å². The lowest BCUT2D eigenvalue weighted by Crippen LogP contribution is -2.46. The van der Waals surface area contributed by atoms with Gasteiger partial charge in [0.25, 0.3) is 0 Å². The van der Waals surface area contributed by atoms with Crippen molar-refractivity contribution in [1.29, 1.82) is 5.26 Å². The molecule has 1 saturated heterocycles. The predicted octanol–water partition coefficient (Wildman–Crippen LogP) is 1.39. The number of methoxy groups -OCH3 is 1. The number of nitrogens with zero attached hydrogens (tertiary/aromatic N) is 1. The minimum Gasteiger partial charge on any atom is -0.453 e. The van der Waals surface area contributed by atoms with Crippen LogP contribution in [-0.4, -0.2) is 36.1 Å². The van der Waals surface area contributed by atoms with Crippen LogP contribution in [0, 0.1) is 29.1 Å². The summed E-state index contributed by atoms with van der Waals surface area (Å²) in [7, 11) is 1.20. The Hall–Kier alpha value is -1.75. The number of carbonyl (C=O) groups excluding carboxylic acids is 3. The number of hydrogen-bond donors (Lipinski definition) is 2. The summed E-state index contributed by atoms with van der Waals surface area (Å²) in [5, 5.41) is 13.7. The Labute approximate surface area is 139 Å². The lowest BCUT2D eigenvalue weighted by atomic mass is 9.82. The van der Waals surface area contributed by atoms with Crippen LogP contribution in [0.15, 0.2) is 0 Å². The maximum absolute atomic E-state index is 12.4. The zero-order valence-corrected chi connectivity index (χ0v) is 13.9. The molecular weight excluding hydrogens is 318 g/mol. The number of alkyl carbamates (subject to hydrolysis) is 1. The number of imide groups is 1. The van der Waals surface area contributed by atoms with Gasteiger partial charge in [-0.15, -0.1) is 11.8 Å². The van der Waals surface area contributed by atoms with Gasteiger partial charge in [0.05, 0.1) is 24.5 Å². The summed E-state index contributed by atoms with van der Waals surface area (Å²) in [6.07, 6.45) is 2.74. The summed E-state index contributed by atoms with van der Waals surface area (Å²) >= 11 is 1.51. The summed E-state index contributed by atoms with van der Waals surface area (Å²) < 4.78 is 4.42. The topological polar surface area (TPSA) is 108 Å². The fourth-order valence-electron chi connectivity index (χ4n) is 2.99. The standard InChI is InChI=1S/C15H21N3O4S/c1-22-15(21)18-13(20)11-6-7-23-14(11)17-12(19)10-4-2-9(8-16)3-5-10/h9-11,14H,2-7H2,1H3,(H,17,19)(H,18,20,21). The van der Waals surface area contributed by atoms with Gasteiger partial charge in [0.15, 0.2) is 0 Å². The molecule has 2 N–H and O–H groups in total. The van der Waals surface area contributed by atoms with Crippen LogP contribution < -0.4 is 10.6 Å². The van der Waals surface area contributed by atoms with Crippen LogP contribution in [0.5, 0.6) is 0 Å². The van der Waals surface area contributed by atoms with Crippen molar-refractivity contribution in [2.24, 2.45) is 17.8 Å². The number of hydrogen-bond acceptors (Lipinski definition) is 6. The highest BCUT2D eigenvalue weighted by Gasteiger charge is 2.37. The third-order valence-electron chi connectivity index (χ3n) is 4.40. The van der Waals surface area contributed by atoms with Crippen LogP contribution in [0.4, 0.5) is 4.79 Å². The molecule has 0 spiro atoms. The molecule has 8 heteroatoms. The maximum atomic E-state index is 12.4. The molecule has 1 heterocycles. The highest BCUT2D eigenvalue weighted by molar-refractivity contribution is 8.00. The minimum atomic E-state index is -0.785. The van der Waals surface area contributed by atoms with Gasteiger partial charge in [-0.3, -0.25) is 14.9 Å². The second-order valence-electron chi connectivity index (χ2n) is 5.85. The highest BCUT2D eigenvalue weighted by Crippen LogP contribution is 2.33. The van der Waals surface area contributed by atoms with Crippen LogP contribution in [0.2, 0.25) is 0 Å². The molecule has 7 nitrogen and oxygen atoms in total. The molecular formula is C15H21N3O4S. The molecule has 2 unspecified atom stereocenters. The van der Waals surface area contributed by atoms with Gasteiger partial charge in [-0.2, -0.15) is 5.26 Å². The first kappa shape index (κ1) is 17.6. The normalized spacial score (nSPS) is 30.1. The lowest BCUT2D eigenvalue weighted by molar-refractivity contribution is -0.127. The fourth-order valence-corrected chi connectivity index (χ4v) is 4.32. The Morgan fingerprint density at radius 2 is 1.83 bits per heavy atom. The molecule has 0 aromatic heterocycles. The molecule has 3 amide bonds. The number of thioether (sulfide) groups is 1. The summed E-state index contributed by atoms with van der Waals surface area (Å²) in [6.45, 7) is 0. The average Bonchev–Trinajstić information content (AvgIpc) is 3.02. The van der Waals surface area contributed by atoms with Crippen molar-refractivity contribution < 1.29 is 19.1 Å². The number of ether oxygens (including phenoxy) is 1. The van der Waals surface area contributed by atoms with E-state index in [9.17, 15) is 14.4 Å². The average molecular weight is 339 g/mol. The van der Waals surface area contributed by atoms with Gasteiger partial charge in [0.1, 0.15) is 0 Å². The van der Waals surface area contributed by atoms with Crippen LogP contribution in [-0.2, 0) is 14.3 Å². The first-order chi connectivity index (χ1) is 11.0. The molecule has 1 saturated carbocycles. The van der Waals surface area contributed by atoms with E-state index in [1.165, 1.54) is 18.9 Å². The molecule has 0 aromatic carbocycles. The Morgan fingerprint density at radius 1 is 1.13 bits per heavy atom. The number of nitrogens with one attached hydrogen (secondary N) is 2. The largest absolute Gasteiger partial charge is 0.453 e. The van der Waals surface area contributed by atoms with Gasteiger partial charge < -0.3 is 10.1 Å².